The highest BCUT2D eigenvalue weighted by molar-refractivity contribution is 4.54. The summed E-state index contributed by atoms with van der Waals surface area (Å²) in [4.78, 5) is 2.45. The molecule has 0 aliphatic carbocycles. The van der Waals surface area contributed by atoms with Gasteiger partial charge in [0.1, 0.15) is 0 Å². The lowest BCUT2D eigenvalue weighted by Crippen LogP contribution is -2.20. The molecule has 0 spiro atoms. The minimum atomic E-state index is 0.938. The third-order valence-corrected chi connectivity index (χ3v) is 3.29. The highest BCUT2D eigenvalue weighted by atomic mass is 15.1. The van der Waals surface area contributed by atoms with E-state index in [9.17, 15) is 0 Å². The Bertz CT molecular complexity index is 123. The Hall–Kier alpha value is -0.0400. The molecule has 0 aromatic carbocycles. The first kappa shape index (κ1) is 15.0. The molecule has 0 heterocycles. The van der Waals surface area contributed by atoms with Crippen molar-refractivity contribution in [1.29, 1.82) is 0 Å². The van der Waals surface area contributed by atoms with Crippen molar-refractivity contribution in [1.82, 2.24) is 4.90 Å². The van der Waals surface area contributed by atoms with Crippen LogP contribution in [0, 0.1) is 5.92 Å². The fraction of sp³-hybridized carbons (Fsp3) is 1.00. The summed E-state index contributed by atoms with van der Waals surface area (Å²) >= 11 is 0. The minimum absolute atomic E-state index is 0.938. The van der Waals surface area contributed by atoms with Crippen molar-refractivity contribution < 1.29 is 0 Å². The number of hydrogen-bond donors (Lipinski definition) is 0. The number of rotatable bonds is 10. The summed E-state index contributed by atoms with van der Waals surface area (Å²) in [5, 5.41) is 0. The van der Waals surface area contributed by atoms with Gasteiger partial charge in [-0.15, -0.1) is 0 Å². The van der Waals surface area contributed by atoms with Gasteiger partial charge in [0.25, 0.3) is 0 Å². The summed E-state index contributed by atoms with van der Waals surface area (Å²) in [7, 11) is 2.24. The van der Waals surface area contributed by atoms with Crippen molar-refractivity contribution in [2.75, 3.05) is 20.1 Å². The van der Waals surface area contributed by atoms with Crippen LogP contribution in [0.2, 0.25) is 0 Å². The van der Waals surface area contributed by atoms with Gasteiger partial charge < -0.3 is 4.90 Å². The first-order valence-corrected chi connectivity index (χ1v) is 6.89. The van der Waals surface area contributed by atoms with Gasteiger partial charge in [-0.25, -0.2) is 0 Å². The molecule has 15 heavy (non-hydrogen) atoms. The summed E-state index contributed by atoms with van der Waals surface area (Å²) in [6.07, 6.45) is 9.74. The van der Waals surface area contributed by atoms with Crippen LogP contribution in [0.15, 0.2) is 0 Å². The van der Waals surface area contributed by atoms with Crippen LogP contribution in [0.5, 0.6) is 0 Å². The molecule has 0 bridgehead atoms. The first-order valence-electron chi connectivity index (χ1n) is 6.89. The molecule has 0 amide bonds. The number of nitrogens with zero attached hydrogens (tertiary/aromatic N) is 1. The van der Waals surface area contributed by atoms with E-state index in [0.717, 1.165) is 5.92 Å². The molecule has 0 aromatic rings. The summed E-state index contributed by atoms with van der Waals surface area (Å²) in [6.45, 7) is 9.46. The third-order valence-electron chi connectivity index (χ3n) is 3.29. The maximum atomic E-state index is 2.45. The fourth-order valence-corrected chi connectivity index (χ4v) is 1.93. The zero-order valence-electron chi connectivity index (χ0n) is 11.4. The number of hydrogen-bond acceptors (Lipinski definition) is 1. The highest BCUT2D eigenvalue weighted by Crippen LogP contribution is 2.13. The molecule has 1 unspecified atom stereocenters. The SMILES string of the molecule is CCCN(C)CCCCCCC(C)CC. The molecule has 0 aliphatic rings. The van der Waals surface area contributed by atoms with Gasteiger partial charge >= 0.3 is 0 Å². The maximum Gasteiger partial charge on any atom is -0.00218 e. The topological polar surface area (TPSA) is 3.24 Å². The van der Waals surface area contributed by atoms with Crippen molar-refractivity contribution >= 4 is 0 Å². The molecule has 0 rings (SSSR count). The summed E-state index contributed by atoms with van der Waals surface area (Å²) < 4.78 is 0. The lowest BCUT2D eigenvalue weighted by atomic mass is 10.0. The van der Waals surface area contributed by atoms with Crippen LogP contribution in [0.3, 0.4) is 0 Å². The van der Waals surface area contributed by atoms with E-state index >= 15 is 0 Å². The Morgan fingerprint density at radius 2 is 1.60 bits per heavy atom. The Morgan fingerprint density at radius 3 is 2.20 bits per heavy atom. The molecule has 1 nitrogen and oxygen atoms in total. The molecule has 0 saturated carbocycles. The van der Waals surface area contributed by atoms with E-state index in [4.69, 9.17) is 0 Å². The van der Waals surface area contributed by atoms with Crippen LogP contribution in [-0.2, 0) is 0 Å². The van der Waals surface area contributed by atoms with Crippen molar-refractivity contribution in [2.24, 2.45) is 5.92 Å². The zero-order valence-corrected chi connectivity index (χ0v) is 11.4. The lowest BCUT2D eigenvalue weighted by molar-refractivity contribution is 0.323. The lowest BCUT2D eigenvalue weighted by Gasteiger charge is -2.15. The zero-order chi connectivity index (χ0) is 11.5. The Kier molecular flexibility index (Phi) is 10.4. The van der Waals surface area contributed by atoms with Gasteiger partial charge in [-0.05, 0) is 38.9 Å². The van der Waals surface area contributed by atoms with Crippen molar-refractivity contribution in [3.63, 3.8) is 0 Å². The van der Waals surface area contributed by atoms with Crippen LogP contribution < -0.4 is 0 Å². The quantitative estimate of drug-likeness (QED) is 0.488. The van der Waals surface area contributed by atoms with E-state index in [1.54, 1.807) is 0 Å². The van der Waals surface area contributed by atoms with E-state index in [-0.39, 0.29) is 0 Å². The van der Waals surface area contributed by atoms with Crippen molar-refractivity contribution in [3.8, 4) is 0 Å². The van der Waals surface area contributed by atoms with Crippen LogP contribution in [0.25, 0.3) is 0 Å². The summed E-state index contributed by atoms with van der Waals surface area (Å²) in [5.74, 6) is 0.938. The molecule has 0 radical (unpaired) electrons. The van der Waals surface area contributed by atoms with E-state index < -0.39 is 0 Å². The molecule has 0 aromatic heterocycles. The Balaban J connectivity index is 3.11. The van der Waals surface area contributed by atoms with Crippen molar-refractivity contribution in [3.05, 3.63) is 0 Å². The van der Waals surface area contributed by atoms with Gasteiger partial charge in [-0.3, -0.25) is 0 Å². The molecule has 0 fully saturated rings. The molecule has 92 valence electrons. The molecule has 0 N–H and O–H groups in total. The highest BCUT2D eigenvalue weighted by Gasteiger charge is 1.99. The van der Waals surface area contributed by atoms with Gasteiger partial charge in [-0.1, -0.05) is 52.9 Å². The fourth-order valence-electron chi connectivity index (χ4n) is 1.93. The second kappa shape index (κ2) is 10.5. The van der Waals surface area contributed by atoms with Crippen molar-refractivity contribution in [2.45, 2.75) is 65.7 Å². The average molecular weight is 213 g/mol. The molecule has 0 saturated heterocycles. The van der Waals surface area contributed by atoms with Crippen LogP contribution in [-0.4, -0.2) is 25.0 Å². The summed E-state index contributed by atoms with van der Waals surface area (Å²) in [5.41, 5.74) is 0. The molecule has 1 heteroatoms. The van der Waals surface area contributed by atoms with Gasteiger partial charge in [-0.2, -0.15) is 0 Å². The third kappa shape index (κ3) is 10.2. The monoisotopic (exact) mass is 213 g/mol. The van der Waals surface area contributed by atoms with E-state index in [0.29, 0.717) is 0 Å². The van der Waals surface area contributed by atoms with Gasteiger partial charge in [0.15, 0.2) is 0 Å². The van der Waals surface area contributed by atoms with E-state index in [2.05, 4.69) is 32.7 Å². The predicted molar refractivity (Wildman–Crippen MR) is 70.3 cm³/mol. The largest absolute Gasteiger partial charge is 0.306 e. The van der Waals surface area contributed by atoms with Gasteiger partial charge in [0.2, 0.25) is 0 Å². The second-order valence-electron chi connectivity index (χ2n) is 5.02. The molecule has 0 aliphatic heterocycles. The Morgan fingerprint density at radius 1 is 0.933 bits per heavy atom. The van der Waals surface area contributed by atoms with E-state index in [1.807, 2.05) is 0 Å². The summed E-state index contributed by atoms with van der Waals surface area (Å²) in [6, 6.07) is 0. The minimum Gasteiger partial charge on any atom is -0.306 e. The Labute approximate surface area is 97.2 Å². The molecular formula is C14H31N. The van der Waals surface area contributed by atoms with Gasteiger partial charge in [0, 0.05) is 0 Å². The average Bonchev–Trinajstić information content (AvgIpc) is 2.23. The second-order valence-corrected chi connectivity index (χ2v) is 5.02. The van der Waals surface area contributed by atoms with Gasteiger partial charge in [0.05, 0.1) is 0 Å². The number of unbranched alkanes of at least 4 members (excludes halogenated alkanes) is 3. The normalized spacial score (nSPS) is 13.4. The van der Waals surface area contributed by atoms with Crippen LogP contribution >= 0.6 is 0 Å². The molecular weight excluding hydrogens is 182 g/mol. The smallest absolute Gasteiger partial charge is 0.00218 e. The maximum absolute atomic E-state index is 2.45. The first-order chi connectivity index (χ1) is 7.20. The molecule has 1 atom stereocenters. The van der Waals surface area contributed by atoms with Crippen LogP contribution in [0.4, 0.5) is 0 Å². The van der Waals surface area contributed by atoms with E-state index in [1.165, 1.54) is 58.0 Å². The van der Waals surface area contributed by atoms with Crippen LogP contribution in [0.1, 0.15) is 65.7 Å². The standard InChI is InChI=1S/C14H31N/c1-5-12-15(4)13-10-8-7-9-11-14(3)6-2/h14H,5-13H2,1-4H3. The predicted octanol–water partition coefficient (Wildman–Crippen LogP) is 4.32.